The lowest BCUT2D eigenvalue weighted by molar-refractivity contribution is 0.0959. The highest BCUT2D eigenvalue weighted by atomic mass is 35.5. The van der Waals surface area contributed by atoms with E-state index in [2.05, 4.69) is 10.5 Å². The van der Waals surface area contributed by atoms with Gasteiger partial charge in [-0.2, -0.15) is 5.10 Å². The van der Waals surface area contributed by atoms with Gasteiger partial charge in [-0.15, -0.1) is 11.3 Å². The SMILES string of the molecule is CCOc1cc(/C=N\NC(=O)c2sc3ccccc3c2Cl)ccc1O. The Morgan fingerprint density at radius 1 is 1.36 bits per heavy atom. The molecule has 7 heteroatoms. The maximum Gasteiger partial charge on any atom is 0.283 e. The van der Waals surface area contributed by atoms with Crippen molar-refractivity contribution in [2.24, 2.45) is 5.10 Å². The Morgan fingerprint density at radius 3 is 2.92 bits per heavy atom. The number of halogens is 1. The Kier molecular flexibility index (Phi) is 5.21. The second kappa shape index (κ2) is 7.55. The van der Waals surface area contributed by atoms with E-state index in [1.807, 2.05) is 31.2 Å². The molecule has 0 aliphatic rings. The third-order valence-electron chi connectivity index (χ3n) is 3.40. The second-order valence-electron chi connectivity index (χ2n) is 5.10. The molecule has 0 aliphatic heterocycles. The molecule has 0 saturated heterocycles. The molecule has 0 atom stereocenters. The number of amides is 1. The van der Waals surface area contributed by atoms with Gasteiger partial charge >= 0.3 is 0 Å². The number of hydrogen-bond donors (Lipinski definition) is 2. The lowest BCUT2D eigenvalue weighted by atomic mass is 10.2. The Labute approximate surface area is 153 Å². The van der Waals surface area contributed by atoms with Crippen LogP contribution in [0.1, 0.15) is 22.2 Å². The van der Waals surface area contributed by atoms with Gasteiger partial charge in [0.2, 0.25) is 0 Å². The van der Waals surface area contributed by atoms with E-state index in [-0.39, 0.29) is 11.7 Å². The number of benzene rings is 2. The fourth-order valence-electron chi connectivity index (χ4n) is 2.26. The smallest absolute Gasteiger partial charge is 0.283 e. The van der Waals surface area contributed by atoms with E-state index in [1.54, 1.807) is 12.1 Å². The summed E-state index contributed by atoms with van der Waals surface area (Å²) < 4.78 is 6.25. The van der Waals surface area contributed by atoms with Crippen LogP contribution in [-0.2, 0) is 0 Å². The Bertz CT molecular complexity index is 953. The van der Waals surface area contributed by atoms with E-state index in [9.17, 15) is 9.90 Å². The molecule has 0 fully saturated rings. The number of phenolic OH excluding ortho intramolecular Hbond substituents is 1. The van der Waals surface area contributed by atoms with Crippen molar-refractivity contribution in [1.29, 1.82) is 0 Å². The van der Waals surface area contributed by atoms with E-state index >= 15 is 0 Å². The zero-order chi connectivity index (χ0) is 17.8. The first kappa shape index (κ1) is 17.3. The molecule has 0 saturated carbocycles. The van der Waals surface area contributed by atoms with Gasteiger partial charge in [0.1, 0.15) is 4.88 Å². The lowest BCUT2D eigenvalue weighted by Gasteiger charge is -2.05. The molecule has 25 heavy (non-hydrogen) atoms. The van der Waals surface area contributed by atoms with Crippen molar-refractivity contribution in [2.75, 3.05) is 6.61 Å². The van der Waals surface area contributed by atoms with Crippen molar-refractivity contribution in [1.82, 2.24) is 5.43 Å². The highest BCUT2D eigenvalue weighted by Gasteiger charge is 2.16. The van der Waals surface area contributed by atoms with Crippen LogP contribution in [0.4, 0.5) is 0 Å². The van der Waals surface area contributed by atoms with Crippen molar-refractivity contribution >= 4 is 45.1 Å². The molecule has 1 amide bonds. The fourth-order valence-corrected chi connectivity index (χ4v) is 3.67. The number of ether oxygens (including phenoxy) is 1. The van der Waals surface area contributed by atoms with Gasteiger partial charge in [0.05, 0.1) is 17.8 Å². The van der Waals surface area contributed by atoms with Crippen molar-refractivity contribution < 1.29 is 14.6 Å². The first-order chi connectivity index (χ1) is 12.1. The Balaban J connectivity index is 1.74. The van der Waals surface area contributed by atoms with Crippen molar-refractivity contribution in [3.8, 4) is 11.5 Å². The molecular formula is C18H15ClN2O3S. The molecule has 0 radical (unpaired) electrons. The zero-order valence-electron chi connectivity index (χ0n) is 13.3. The van der Waals surface area contributed by atoms with Gasteiger partial charge in [-0.25, -0.2) is 5.43 Å². The van der Waals surface area contributed by atoms with Gasteiger partial charge in [0.15, 0.2) is 11.5 Å². The fraction of sp³-hybridized carbons (Fsp3) is 0.111. The van der Waals surface area contributed by atoms with Gasteiger partial charge in [0, 0.05) is 10.1 Å². The number of hydrazone groups is 1. The molecule has 0 unspecified atom stereocenters. The van der Waals surface area contributed by atoms with Gasteiger partial charge in [-0.1, -0.05) is 29.8 Å². The number of nitrogens with one attached hydrogen (secondary N) is 1. The first-order valence-electron chi connectivity index (χ1n) is 7.56. The van der Waals surface area contributed by atoms with Gasteiger partial charge in [0.25, 0.3) is 5.91 Å². The van der Waals surface area contributed by atoms with Crippen molar-refractivity contribution in [3.05, 3.63) is 57.9 Å². The lowest BCUT2D eigenvalue weighted by Crippen LogP contribution is -2.16. The number of phenols is 1. The van der Waals surface area contributed by atoms with Gasteiger partial charge < -0.3 is 9.84 Å². The summed E-state index contributed by atoms with van der Waals surface area (Å²) in [6.07, 6.45) is 1.47. The highest BCUT2D eigenvalue weighted by Crippen LogP contribution is 2.35. The molecule has 2 N–H and O–H groups in total. The summed E-state index contributed by atoms with van der Waals surface area (Å²) in [7, 11) is 0. The zero-order valence-corrected chi connectivity index (χ0v) is 14.9. The van der Waals surface area contributed by atoms with Crippen LogP contribution in [0, 0.1) is 0 Å². The number of hydrogen-bond acceptors (Lipinski definition) is 5. The highest BCUT2D eigenvalue weighted by molar-refractivity contribution is 7.21. The van der Waals surface area contributed by atoms with Crippen molar-refractivity contribution in [2.45, 2.75) is 6.92 Å². The monoisotopic (exact) mass is 374 g/mol. The Morgan fingerprint density at radius 2 is 2.16 bits per heavy atom. The molecule has 3 rings (SSSR count). The molecule has 2 aromatic carbocycles. The minimum atomic E-state index is -0.369. The third kappa shape index (κ3) is 3.75. The van der Waals surface area contributed by atoms with Crippen LogP contribution >= 0.6 is 22.9 Å². The number of carbonyl (C=O) groups is 1. The normalized spacial score (nSPS) is 11.1. The first-order valence-corrected chi connectivity index (χ1v) is 8.76. The topological polar surface area (TPSA) is 70.9 Å². The average molecular weight is 375 g/mol. The number of rotatable bonds is 5. The quantitative estimate of drug-likeness (QED) is 0.513. The van der Waals surface area contributed by atoms with Gasteiger partial charge in [-0.05, 0) is 36.8 Å². The van der Waals surface area contributed by atoms with E-state index in [4.69, 9.17) is 16.3 Å². The van der Waals surface area contributed by atoms with E-state index < -0.39 is 0 Å². The van der Waals surface area contributed by atoms with Crippen LogP contribution in [0.5, 0.6) is 11.5 Å². The number of aromatic hydroxyl groups is 1. The molecule has 5 nitrogen and oxygen atoms in total. The molecule has 1 aromatic heterocycles. The summed E-state index contributed by atoms with van der Waals surface area (Å²) in [6, 6.07) is 12.4. The van der Waals surface area contributed by atoms with Crippen LogP contribution in [0.2, 0.25) is 5.02 Å². The molecular weight excluding hydrogens is 360 g/mol. The van der Waals surface area contributed by atoms with Crippen LogP contribution in [0.25, 0.3) is 10.1 Å². The van der Waals surface area contributed by atoms with Crippen LogP contribution < -0.4 is 10.2 Å². The minimum Gasteiger partial charge on any atom is -0.504 e. The summed E-state index contributed by atoms with van der Waals surface area (Å²) >= 11 is 7.59. The molecule has 128 valence electrons. The third-order valence-corrected chi connectivity index (χ3v) is 5.08. The molecule has 0 bridgehead atoms. The van der Waals surface area contributed by atoms with Crippen molar-refractivity contribution in [3.63, 3.8) is 0 Å². The Hall–Kier alpha value is -2.57. The van der Waals surface area contributed by atoms with Gasteiger partial charge in [-0.3, -0.25) is 4.79 Å². The van der Waals surface area contributed by atoms with E-state index in [0.717, 1.165) is 10.1 Å². The largest absolute Gasteiger partial charge is 0.504 e. The summed E-state index contributed by atoms with van der Waals surface area (Å²) in [6.45, 7) is 2.27. The summed E-state index contributed by atoms with van der Waals surface area (Å²) in [5.74, 6) is 0.0525. The van der Waals surface area contributed by atoms with Crippen LogP contribution in [-0.4, -0.2) is 23.8 Å². The molecule has 1 heterocycles. The molecule has 3 aromatic rings. The number of nitrogens with zero attached hydrogens (tertiary/aromatic N) is 1. The maximum atomic E-state index is 12.3. The summed E-state index contributed by atoms with van der Waals surface area (Å²) in [5.41, 5.74) is 3.15. The molecule has 0 aliphatic carbocycles. The van der Waals surface area contributed by atoms with Crippen LogP contribution in [0.15, 0.2) is 47.6 Å². The summed E-state index contributed by atoms with van der Waals surface area (Å²) in [5, 5.41) is 14.9. The number of fused-ring (bicyclic) bond motifs is 1. The summed E-state index contributed by atoms with van der Waals surface area (Å²) in [4.78, 5) is 12.7. The predicted octanol–water partition coefficient (Wildman–Crippen LogP) is 4.42. The molecule has 0 spiro atoms. The second-order valence-corrected chi connectivity index (χ2v) is 6.53. The van der Waals surface area contributed by atoms with E-state index in [0.29, 0.717) is 27.8 Å². The van der Waals surface area contributed by atoms with E-state index in [1.165, 1.54) is 23.6 Å². The minimum absolute atomic E-state index is 0.0556. The average Bonchev–Trinajstić information content (AvgIpc) is 2.95. The number of thiophene rings is 1. The van der Waals surface area contributed by atoms with Crippen LogP contribution in [0.3, 0.4) is 0 Å². The predicted molar refractivity (Wildman–Crippen MR) is 101 cm³/mol. The standard InChI is InChI=1S/C18H15ClN2O3S/c1-2-24-14-9-11(7-8-13(14)22)10-20-21-18(23)17-16(19)12-5-3-4-6-15(12)25-17/h3-10,22H,2H2,1H3,(H,21,23)/b20-10-. The number of carbonyl (C=O) groups excluding carboxylic acids is 1. The maximum absolute atomic E-state index is 12.3.